The first-order valence-electron chi connectivity index (χ1n) is 16.3. The van der Waals surface area contributed by atoms with Crippen molar-refractivity contribution in [3.63, 3.8) is 0 Å². The van der Waals surface area contributed by atoms with E-state index < -0.39 is 58.9 Å². The molecule has 47 heavy (non-hydrogen) atoms. The molecule has 0 saturated carbocycles. The van der Waals surface area contributed by atoms with Crippen LogP contribution in [-0.2, 0) is 33.6 Å². The number of primary amides is 2. The maximum Gasteiger partial charge on any atom is 0.249 e. The summed E-state index contributed by atoms with van der Waals surface area (Å²) in [7, 11) is 0. The molecule has 0 heterocycles. The standard InChI is InChI=1S/C36H46F2N4O5/c1-4-9-42(10-5-2)34(46)25-15-24(33(39)45)18-36(19-25,35(40)47)29(14-22-11-26(37)17-27(38)12-22)31(44)20-41-32-28-13-21(6-3)7-8-23(28)16-30(32)43/h7-8,11-13,15,17-18,29-32,41,43-44H,4-6,9-10,14,16,19-20H2,1-3H3,(H2,39,45)(H2,40,47)/t29-,30+,31+,32-,36?/m1/s1. The predicted octanol–water partition coefficient (Wildman–Crippen LogP) is 3.16. The third-order valence-corrected chi connectivity index (χ3v) is 9.34. The molecule has 11 heteroatoms. The quantitative estimate of drug-likeness (QED) is 0.199. The van der Waals surface area contributed by atoms with Gasteiger partial charge in [-0.25, -0.2) is 8.78 Å². The summed E-state index contributed by atoms with van der Waals surface area (Å²) in [4.78, 5) is 41.7. The maximum atomic E-state index is 14.4. The molecule has 0 aliphatic heterocycles. The lowest BCUT2D eigenvalue weighted by molar-refractivity contribution is -0.132. The SMILES string of the molecule is CCCN(CCC)C(=O)C1=CC(C(N)=O)=CC(C(N)=O)([C@H](Cc2cc(F)cc(F)c2)[C@@H](O)CN[C@@H]2c3cc(CC)ccc3C[C@@H]2O)C1. The molecule has 2 aromatic carbocycles. The van der Waals surface area contributed by atoms with Crippen LogP contribution >= 0.6 is 0 Å². The van der Waals surface area contributed by atoms with Crippen molar-refractivity contribution in [3.05, 3.63) is 93.6 Å². The number of nitrogens with two attached hydrogens (primary N) is 2. The maximum absolute atomic E-state index is 14.4. The molecule has 2 aliphatic carbocycles. The first-order valence-corrected chi connectivity index (χ1v) is 16.3. The Morgan fingerprint density at radius 3 is 2.26 bits per heavy atom. The average Bonchev–Trinajstić information content (AvgIpc) is 3.34. The molecule has 7 N–H and O–H groups in total. The van der Waals surface area contributed by atoms with E-state index in [4.69, 9.17) is 11.5 Å². The van der Waals surface area contributed by atoms with Gasteiger partial charge in [-0.2, -0.15) is 0 Å². The summed E-state index contributed by atoms with van der Waals surface area (Å²) in [6, 6.07) is 8.38. The van der Waals surface area contributed by atoms with E-state index in [9.17, 15) is 33.4 Å². The summed E-state index contributed by atoms with van der Waals surface area (Å²) in [5.74, 6) is -5.11. The van der Waals surface area contributed by atoms with Crippen molar-refractivity contribution in [2.24, 2.45) is 22.8 Å². The van der Waals surface area contributed by atoms with E-state index in [1.54, 1.807) is 4.90 Å². The van der Waals surface area contributed by atoms with Gasteiger partial charge in [-0.15, -0.1) is 0 Å². The largest absolute Gasteiger partial charge is 0.391 e. The van der Waals surface area contributed by atoms with Crippen LogP contribution in [0.2, 0.25) is 0 Å². The van der Waals surface area contributed by atoms with Crippen LogP contribution in [-0.4, -0.2) is 64.7 Å². The van der Waals surface area contributed by atoms with Gasteiger partial charge in [-0.05, 0) is 72.6 Å². The zero-order chi connectivity index (χ0) is 34.5. The van der Waals surface area contributed by atoms with Gasteiger partial charge in [-0.1, -0.05) is 45.0 Å². The number of aliphatic hydroxyl groups is 2. The highest BCUT2D eigenvalue weighted by Crippen LogP contribution is 2.45. The Kier molecular flexibility index (Phi) is 11.7. The molecular formula is C36H46F2N4O5. The van der Waals surface area contributed by atoms with Crippen molar-refractivity contribution in [1.82, 2.24) is 10.2 Å². The molecule has 0 bridgehead atoms. The van der Waals surface area contributed by atoms with Crippen LogP contribution in [0.25, 0.3) is 0 Å². The number of carbonyl (C=O) groups is 3. The topological polar surface area (TPSA) is 159 Å². The van der Waals surface area contributed by atoms with Gasteiger partial charge in [0.2, 0.25) is 17.7 Å². The lowest BCUT2D eigenvalue weighted by Crippen LogP contribution is -2.52. The van der Waals surface area contributed by atoms with Gasteiger partial charge in [0.05, 0.1) is 23.7 Å². The second-order valence-corrected chi connectivity index (χ2v) is 12.7. The molecule has 254 valence electrons. The number of nitrogens with zero attached hydrogens (tertiary/aromatic N) is 1. The highest BCUT2D eigenvalue weighted by Gasteiger charge is 2.49. The number of benzene rings is 2. The fourth-order valence-electron chi connectivity index (χ4n) is 7.01. The Hall–Kier alpha value is -3.93. The fourth-order valence-corrected chi connectivity index (χ4v) is 7.01. The van der Waals surface area contributed by atoms with E-state index in [0.717, 1.165) is 35.2 Å². The Morgan fingerprint density at radius 2 is 1.68 bits per heavy atom. The van der Waals surface area contributed by atoms with E-state index >= 15 is 0 Å². The normalized spacial score (nSPS) is 21.8. The molecule has 2 aromatic rings. The number of hydrogen-bond acceptors (Lipinski definition) is 6. The molecule has 9 nitrogen and oxygen atoms in total. The zero-order valence-electron chi connectivity index (χ0n) is 27.3. The number of aliphatic hydroxyl groups excluding tert-OH is 2. The van der Waals surface area contributed by atoms with Gasteiger partial charge < -0.3 is 31.9 Å². The molecule has 4 rings (SSSR count). The van der Waals surface area contributed by atoms with E-state index in [2.05, 4.69) is 5.32 Å². The minimum Gasteiger partial charge on any atom is -0.391 e. The monoisotopic (exact) mass is 652 g/mol. The van der Waals surface area contributed by atoms with Crippen LogP contribution in [0.5, 0.6) is 0 Å². The summed E-state index contributed by atoms with van der Waals surface area (Å²) in [6.45, 7) is 6.60. The van der Waals surface area contributed by atoms with Crippen molar-refractivity contribution in [1.29, 1.82) is 0 Å². The highest BCUT2D eigenvalue weighted by atomic mass is 19.1. The second kappa shape index (κ2) is 15.3. The van der Waals surface area contributed by atoms with Gasteiger partial charge in [0.15, 0.2) is 0 Å². The van der Waals surface area contributed by atoms with Gasteiger partial charge >= 0.3 is 0 Å². The fraction of sp³-hybridized carbons (Fsp3) is 0.472. The number of nitrogens with one attached hydrogen (secondary N) is 1. The number of halogens is 2. The highest BCUT2D eigenvalue weighted by molar-refractivity contribution is 6.03. The number of aryl methyl sites for hydroxylation is 1. The summed E-state index contributed by atoms with van der Waals surface area (Å²) >= 11 is 0. The lowest BCUT2D eigenvalue weighted by atomic mass is 9.63. The first kappa shape index (κ1) is 35.9. The smallest absolute Gasteiger partial charge is 0.249 e. The van der Waals surface area contributed by atoms with Crippen molar-refractivity contribution in [2.45, 2.75) is 77.5 Å². The third-order valence-electron chi connectivity index (χ3n) is 9.34. The lowest BCUT2D eigenvalue weighted by Gasteiger charge is -2.42. The third kappa shape index (κ3) is 7.97. The van der Waals surface area contributed by atoms with Gasteiger partial charge in [0, 0.05) is 49.2 Å². The number of rotatable bonds is 15. The van der Waals surface area contributed by atoms with Crippen LogP contribution in [0.1, 0.15) is 68.3 Å². The van der Waals surface area contributed by atoms with E-state index in [1.165, 1.54) is 12.2 Å². The predicted molar refractivity (Wildman–Crippen MR) is 175 cm³/mol. The van der Waals surface area contributed by atoms with Crippen LogP contribution in [0.15, 0.2) is 59.7 Å². The van der Waals surface area contributed by atoms with Crippen molar-refractivity contribution < 1.29 is 33.4 Å². The molecule has 5 atom stereocenters. The number of amides is 3. The molecular weight excluding hydrogens is 606 g/mol. The van der Waals surface area contributed by atoms with Gasteiger partial charge in [-0.3, -0.25) is 14.4 Å². The summed E-state index contributed by atoms with van der Waals surface area (Å²) in [5, 5.41) is 26.1. The van der Waals surface area contributed by atoms with E-state index in [1.807, 2.05) is 39.0 Å². The Morgan fingerprint density at radius 1 is 1.02 bits per heavy atom. The molecule has 0 saturated heterocycles. The van der Waals surface area contributed by atoms with Crippen LogP contribution < -0.4 is 16.8 Å². The summed E-state index contributed by atoms with van der Waals surface area (Å²) in [6.07, 6.45) is 2.51. The molecule has 0 aromatic heterocycles. The van der Waals surface area contributed by atoms with E-state index in [0.29, 0.717) is 38.4 Å². The second-order valence-electron chi connectivity index (χ2n) is 12.7. The molecule has 0 spiro atoms. The molecule has 0 fully saturated rings. The first-order chi connectivity index (χ1) is 22.3. The Bertz CT molecular complexity index is 1530. The van der Waals surface area contributed by atoms with Crippen molar-refractivity contribution >= 4 is 17.7 Å². The van der Waals surface area contributed by atoms with Crippen LogP contribution in [0.4, 0.5) is 8.78 Å². The summed E-state index contributed by atoms with van der Waals surface area (Å²) < 4.78 is 28.8. The summed E-state index contributed by atoms with van der Waals surface area (Å²) in [5.41, 5.74) is 13.0. The van der Waals surface area contributed by atoms with Crippen molar-refractivity contribution in [3.8, 4) is 0 Å². The zero-order valence-corrected chi connectivity index (χ0v) is 27.3. The number of fused-ring (bicyclic) bond motifs is 1. The minimum absolute atomic E-state index is 0.116. The molecule has 2 aliphatic rings. The molecule has 0 radical (unpaired) electrons. The van der Waals surface area contributed by atoms with Gasteiger partial charge in [0.25, 0.3) is 0 Å². The van der Waals surface area contributed by atoms with Crippen LogP contribution in [0.3, 0.4) is 0 Å². The average molecular weight is 653 g/mol. The number of carbonyl (C=O) groups excluding carboxylic acids is 3. The van der Waals surface area contributed by atoms with Crippen LogP contribution in [0, 0.1) is 23.0 Å². The molecule has 1 unspecified atom stereocenters. The van der Waals surface area contributed by atoms with Crippen molar-refractivity contribution in [2.75, 3.05) is 19.6 Å². The van der Waals surface area contributed by atoms with Gasteiger partial charge in [0.1, 0.15) is 11.6 Å². The number of hydrogen-bond donors (Lipinski definition) is 5. The minimum atomic E-state index is -1.85. The Balaban J connectivity index is 1.77. The molecule has 3 amide bonds. The van der Waals surface area contributed by atoms with E-state index in [-0.39, 0.29) is 36.1 Å². The Labute approximate surface area is 274 Å².